The first-order chi connectivity index (χ1) is 14.7. The highest BCUT2D eigenvalue weighted by Crippen LogP contribution is 2.43. The van der Waals surface area contributed by atoms with Crippen LogP contribution in [0, 0.1) is 0 Å². The smallest absolute Gasteiger partial charge is 0.394 e. The van der Waals surface area contributed by atoms with Gasteiger partial charge < -0.3 is 9.84 Å². The van der Waals surface area contributed by atoms with E-state index in [4.69, 9.17) is 9.84 Å². The van der Waals surface area contributed by atoms with E-state index in [9.17, 15) is 34.8 Å². The second kappa shape index (κ2) is 8.34. The van der Waals surface area contributed by atoms with Crippen LogP contribution in [0.4, 0.5) is 26.3 Å². The summed E-state index contributed by atoms with van der Waals surface area (Å²) in [6.45, 7) is 0.390. The van der Waals surface area contributed by atoms with Crippen LogP contribution in [0.25, 0.3) is 0 Å². The largest absolute Gasteiger partial charge is 0.435 e. The molecule has 1 aromatic heterocycles. The first kappa shape index (κ1) is 24.5. The Bertz CT molecular complexity index is 1080. The number of benzene rings is 1. The number of aromatic nitrogens is 2. The molecule has 1 saturated heterocycles. The number of ether oxygens (including phenoxy) is 1. The van der Waals surface area contributed by atoms with Gasteiger partial charge >= 0.3 is 12.4 Å². The van der Waals surface area contributed by atoms with Crippen LogP contribution in [0.5, 0.6) is 0 Å². The van der Waals surface area contributed by atoms with E-state index in [1.165, 1.54) is 6.92 Å². The number of rotatable bonds is 5. The summed E-state index contributed by atoms with van der Waals surface area (Å²) in [6, 6.07) is 4.06. The molecule has 1 aliphatic rings. The molecule has 1 fully saturated rings. The Morgan fingerprint density at radius 3 is 2.47 bits per heavy atom. The number of hydrogen-bond acceptors (Lipinski definition) is 5. The number of aliphatic hydroxyl groups is 1. The van der Waals surface area contributed by atoms with E-state index in [0.29, 0.717) is 6.07 Å². The van der Waals surface area contributed by atoms with Crippen LogP contribution in [0.15, 0.2) is 35.2 Å². The maximum Gasteiger partial charge on any atom is 0.435 e. The molecule has 32 heavy (non-hydrogen) atoms. The van der Waals surface area contributed by atoms with Gasteiger partial charge in [0.15, 0.2) is 15.5 Å². The first-order valence-electron chi connectivity index (χ1n) is 9.48. The third-order valence-corrected chi connectivity index (χ3v) is 7.97. The van der Waals surface area contributed by atoms with Gasteiger partial charge in [-0.1, -0.05) is 6.07 Å². The van der Waals surface area contributed by atoms with E-state index >= 15 is 0 Å². The van der Waals surface area contributed by atoms with E-state index in [-0.39, 0.29) is 31.7 Å². The van der Waals surface area contributed by atoms with Gasteiger partial charge in [0.25, 0.3) is 0 Å². The minimum atomic E-state index is -4.77. The Morgan fingerprint density at radius 2 is 1.88 bits per heavy atom. The maximum absolute atomic E-state index is 13.3. The molecule has 2 heterocycles. The predicted octanol–water partition coefficient (Wildman–Crippen LogP) is 4.00. The Morgan fingerprint density at radius 1 is 1.19 bits per heavy atom. The van der Waals surface area contributed by atoms with Crippen molar-refractivity contribution in [2.75, 3.05) is 13.2 Å². The third kappa shape index (κ3) is 4.64. The number of sulfone groups is 1. The molecule has 2 atom stereocenters. The standard InChI is InChI=1S/C19H20F6N2O4S/c1-17(32(29,30)13-4-2-3-12(9-13)18(20,21)22)5-8-31-15(11-17)14-10-16(19(23,24)25)26-27(14)6-7-28/h2-4,9-10,15,28H,5-8,11H2,1H3. The second-order valence-electron chi connectivity index (χ2n) is 7.69. The summed E-state index contributed by atoms with van der Waals surface area (Å²) < 4.78 is 110. The summed E-state index contributed by atoms with van der Waals surface area (Å²) in [7, 11) is -4.31. The highest BCUT2D eigenvalue weighted by atomic mass is 32.2. The molecule has 178 valence electrons. The molecule has 6 nitrogen and oxygen atoms in total. The SMILES string of the molecule is CC1(S(=O)(=O)c2cccc(C(F)(F)F)c2)CCOC(c2cc(C(F)(F)F)nn2CCO)C1. The van der Waals surface area contributed by atoms with Gasteiger partial charge in [-0.05, 0) is 44.0 Å². The summed E-state index contributed by atoms with van der Waals surface area (Å²) in [4.78, 5) is -0.532. The van der Waals surface area contributed by atoms with Gasteiger partial charge in [0.2, 0.25) is 0 Å². The first-order valence-corrected chi connectivity index (χ1v) is 11.0. The van der Waals surface area contributed by atoms with E-state index < -0.39 is 55.8 Å². The summed E-state index contributed by atoms with van der Waals surface area (Å²) in [6.07, 6.45) is -11.0. The number of aliphatic hydroxyl groups excluding tert-OH is 1. The molecular weight excluding hydrogens is 466 g/mol. The van der Waals surface area contributed by atoms with E-state index in [1.807, 2.05) is 0 Å². The van der Waals surface area contributed by atoms with E-state index in [2.05, 4.69) is 5.10 Å². The highest BCUT2D eigenvalue weighted by Gasteiger charge is 2.47. The zero-order chi connectivity index (χ0) is 23.9. The fraction of sp³-hybridized carbons (Fsp3) is 0.526. The molecule has 2 unspecified atom stereocenters. The van der Waals surface area contributed by atoms with Crippen molar-refractivity contribution in [2.24, 2.45) is 0 Å². The topological polar surface area (TPSA) is 81.4 Å². The molecule has 13 heteroatoms. The Balaban J connectivity index is 1.98. The monoisotopic (exact) mass is 486 g/mol. The van der Waals surface area contributed by atoms with Crippen LogP contribution >= 0.6 is 0 Å². The van der Waals surface area contributed by atoms with Crippen molar-refractivity contribution in [3.63, 3.8) is 0 Å². The average Bonchev–Trinajstić information content (AvgIpc) is 3.12. The van der Waals surface area contributed by atoms with Gasteiger partial charge in [0.05, 0.1) is 34.1 Å². The van der Waals surface area contributed by atoms with Gasteiger partial charge in [-0.2, -0.15) is 31.4 Å². The van der Waals surface area contributed by atoms with Crippen molar-refractivity contribution in [1.82, 2.24) is 9.78 Å². The van der Waals surface area contributed by atoms with Crippen molar-refractivity contribution in [1.29, 1.82) is 0 Å². The van der Waals surface area contributed by atoms with Crippen LogP contribution in [0.1, 0.15) is 42.8 Å². The predicted molar refractivity (Wildman–Crippen MR) is 99.3 cm³/mol. The Hall–Kier alpha value is -2.12. The van der Waals surface area contributed by atoms with Crippen LogP contribution in [0.3, 0.4) is 0 Å². The van der Waals surface area contributed by atoms with Gasteiger partial charge in [-0.15, -0.1) is 0 Å². The zero-order valence-corrected chi connectivity index (χ0v) is 17.6. The average molecular weight is 486 g/mol. The molecule has 2 aromatic rings. The Kier molecular flexibility index (Phi) is 6.39. The summed E-state index contributed by atoms with van der Waals surface area (Å²) >= 11 is 0. The van der Waals surface area contributed by atoms with Crippen LogP contribution in [-0.4, -0.2) is 41.3 Å². The van der Waals surface area contributed by atoms with Crippen molar-refractivity contribution >= 4 is 9.84 Å². The molecule has 0 spiro atoms. The maximum atomic E-state index is 13.3. The molecule has 0 radical (unpaired) electrons. The molecule has 1 N–H and O–H groups in total. The number of nitrogens with zero attached hydrogens (tertiary/aromatic N) is 2. The van der Waals surface area contributed by atoms with Gasteiger partial charge in [-0.25, -0.2) is 8.42 Å². The molecule has 1 aliphatic heterocycles. The van der Waals surface area contributed by atoms with Gasteiger partial charge in [-0.3, -0.25) is 4.68 Å². The quantitative estimate of drug-likeness (QED) is 0.647. The normalized spacial score (nSPS) is 22.8. The number of halogens is 6. The van der Waals surface area contributed by atoms with Crippen molar-refractivity contribution in [3.8, 4) is 0 Å². The summed E-state index contributed by atoms with van der Waals surface area (Å²) in [5.74, 6) is 0. The molecule has 0 aliphatic carbocycles. The van der Waals surface area contributed by atoms with Gasteiger partial charge in [0.1, 0.15) is 6.10 Å². The number of hydrogen-bond donors (Lipinski definition) is 1. The molecular formula is C19H20F6N2O4S. The number of alkyl halides is 6. The van der Waals surface area contributed by atoms with E-state index in [0.717, 1.165) is 28.9 Å². The van der Waals surface area contributed by atoms with Crippen molar-refractivity contribution in [2.45, 2.75) is 54.4 Å². The molecule has 3 rings (SSSR count). The van der Waals surface area contributed by atoms with Crippen LogP contribution < -0.4 is 0 Å². The molecule has 1 aromatic carbocycles. The van der Waals surface area contributed by atoms with Crippen molar-refractivity contribution < 1.29 is 44.6 Å². The van der Waals surface area contributed by atoms with E-state index in [1.54, 1.807) is 0 Å². The highest BCUT2D eigenvalue weighted by molar-refractivity contribution is 7.92. The Labute approximate surface area is 179 Å². The second-order valence-corrected chi connectivity index (χ2v) is 10.2. The van der Waals surface area contributed by atoms with Crippen LogP contribution in [0.2, 0.25) is 0 Å². The van der Waals surface area contributed by atoms with Gasteiger partial charge in [0, 0.05) is 6.61 Å². The fourth-order valence-corrected chi connectivity index (χ4v) is 5.46. The lowest BCUT2D eigenvalue weighted by Gasteiger charge is -2.37. The minimum absolute atomic E-state index is 0.0671. The fourth-order valence-electron chi connectivity index (χ4n) is 3.63. The molecule has 0 saturated carbocycles. The lowest BCUT2D eigenvalue weighted by Crippen LogP contribution is -2.42. The summed E-state index contributed by atoms with van der Waals surface area (Å²) in [5, 5.41) is 12.6. The minimum Gasteiger partial charge on any atom is -0.394 e. The molecule has 0 bridgehead atoms. The third-order valence-electron chi connectivity index (χ3n) is 5.43. The lowest BCUT2D eigenvalue weighted by atomic mass is 9.94. The lowest BCUT2D eigenvalue weighted by molar-refractivity contribution is -0.141. The van der Waals surface area contributed by atoms with Crippen molar-refractivity contribution in [3.05, 3.63) is 47.3 Å². The van der Waals surface area contributed by atoms with Crippen LogP contribution in [-0.2, 0) is 33.5 Å². The zero-order valence-electron chi connectivity index (χ0n) is 16.7. The molecule has 0 amide bonds. The summed E-state index contributed by atoms with van der Waals surface area (Å²) in [5.41, 5.74) is -2.42.